The van der Waals surface area contributed by atoms with Crippen LogP contribution in [0, 0.1) is 12.8 Å². The molecule has 124 valence electrons. The van der Waals surface area contributed by atoms with E-state index in [-0.39, 0.29) is 30.5 Å². The van der Waals surface area contributed by atoms with Crippen molar-refractivity contribution in [1.29, 1.82) is 0 Å². The molecule has 0 saturated carbocycles. The number of hydrogen-bond acceptors (Lipinski definition) is 5. The smallest absolute Gasteiger partial charge is 0.173 e. The number of thiophene rings is 1. The van der Waals surface area contributed by atoms with Gasteiger partial charge in [0.2, 0.25) is 0 Å². The van der Waals surface area contributed by atoms with Crippen molar-refractivity contribution in [2.75, 3.05) is 13.2 Å². The summed E-state index contributed by atoms with van der Waals surface area (Å²) >= 11 is 1.43. The number of ether oxygens (including phenoxy) is 1. The normalized spacial score (nSPS) is 12.3. The number of carbonyl (C=O) groups is 2. The van der Waals surface area contributed by atoms with Crippen molar-refractivity contribution in [3.8, 4) is 5.75 Å². The molecule has 1 aromatic carbocycles. The number of aliphatic hydroxyl groups excluding tert-OH is 1. The number of aliphatic hydroxyl groups is 1. The van der Waals surface area contributed by atoms with E-state index in [4.69, 9.17) is 9.84 Å². The molecule has 0 aliphatic carbocycles. The number of ketones is 2. The average Bonchev–Trinajstić information content (AvgIpc) is 2.90. The quantitative estimate of drug-likeness (QED) is 0.589. The predicted octanol–water partition coefficient (Wildman–Crippen LogP) is 3.77. The maximum atomic E-state index is 12.3. The SMILES string of the molecule is CC(=O)C(C)CC(=O)c1cc2cc(C)c(OCCCO)cc2s1. The van der Waals surface area contributed by atoms with Gasteiger partial charge in [0.05, 0.1) is 11.5 Å². The summed E-state index contributed by atoms with van der Waals surface area (Å²) in [5.41, 5.74) is 1.00. The van der Waals surface area contributed by atoms with Gasteiger partial charge in [0.1, 0.15) is 11.5 Å². The van der Waals surface area contributed by atoms with Crippen molar-refractivity contribution < 1.29 is 19.4 Å². The lowest BCUT2D eigenvalue weighted by Gasteiger charge is -2.08. The Bertz CT molecular complexity index is 717. The molecule has 1 unspecified atom stereocenters. The van der Waals surface area contributed by atoms with E-state index in [0.29, 0.717) is 17.9 Å². The van der Waals surface area contributed by atoms with Crippen molar-refractivity contribution in [3.05, 3.63) is 28.6 Å². The molecule has 5 heteroatoms. The number of hydrogen-bond donors (Lipinski definition) is 1. The van der Waals surface area contributed by atoms with Crippen LogP contribution in [0.5, 0.6) is 5.75 Å². The summed E-state index contributed by atoms with van der Waals surface area (Å²) in [5.74, 6) is 0.583. The van der Waals surface area contributed by atoms with Gasteiger partial charge in [-0.3, -0.25) is 9.59 Å². The molecule has 2 aromatic rings. The van der Waals surface area contributed by atoms with E-state index >= 15 is 0 Å². The third-order valence-corrected chi connectivity index (χ3v) is 4.97. The van der Waals surface area contributed by atoms with Crippen LogP contribution in [-0.2, 0) is 4.79 Å². The molecular weight excluding hydrogens is 312 g/mol. The van der Waals surface area contributed by atoms with Crippen LogP contribution in [0.3, 0.4) is 0 Å². The second-order valence-corrected chi connectivity index (χ2v) is 6.91. The molecule has 2 rings (SSSR count). The minimum absolute atomic E-state index is 0.00861. The minimum atomic E-state index is -0.244. The highest BCUT2D eigenvalue weighted by atomic mass is 32.1. The minimum Gasteiger partial charge on any atom is -0.493 e. The molecule has 0 aliphatic heterocycles. The van der Waals surface area contributed by atoms with E-state index in [1.54, 1.807) is 6.92 Å². The van der Waals surface area contributed by atoms with E-state index in [1.807, 2.05) is 25.1 Å². The Balaban J connectivity index is 2.21. The number of rotatable bonds is 8. The number of carbonyl (C=O) groups excluding carboxylic acids is 2. The maximum absolute atomic E-state index is 12.3. The van der Waals surface area contributed by atoms with E-state index in [2.05, 4.69) is 0 Å². The third kappa shape index (κ3) is 4.39. The Hall–Kier alpha value is -1.72. The Morgan fingerprint density at radius 1 is 1.30 bits per heavy atom. The molecule has 4 nitrogen and oxygen atoms in total. The van der Waals surface area contributed by atoms with E-state index in [0.717, 1.165) is 21.4 Å². The molecule has 1 atom stereocenters. The van der Waals surface area contributed by atoms with Gasteiger partial charge in [0, 0.05) is 30.1 Å². The van der Waals surface area contributed by atoms with Gasteiger partial charge < -0.3 is 9.84 Å². The summed E-state index contributed by atoms with van der Waals surface area (Å²) in [6.45, 7) is 5.83. The van der Waals surface area contributed by atoms with Crippen LogP contribution in [0.4, 0.5) is 0 Å². The Morgan fingerprint density at radius 3 is 2.70 bits per heavy atom. The van der Waals surface area contributed by atoms with Crippen molar-refractivity contribution in [3.63, 3.8) is 0 Å². The van der Waals surface area contributed by atoms with Crippen LogP contribution >= 0.6 is 11.3 Å². The van der Waals surface area contributed by atoms with Crippen molar-refractivity contribution in [2.45, 2.75) is 33.6 Å². The molecule has 1 aromatic heterocycles. The molecule has 23 heavy (non-hydrogen) atoms. The summed E-state index contributed by atoms with van der Waals surface area (Å²) in [7, 11) is 0. The number of aryl methyl sites for hydroxylation is 1. The van der Waals surface area contributed by atoms with Gasteiger partial charge in [-0.05, 0) is 43.0 Å². The molecule has 0 aliphatic rings. The van der Waals surface area contributed by atoms with Gasteiger partial charge in [0.25, 0.3) is 0 Å². The van der Waals surface area contributed by atoms with Crippen LogP contribution < -0.4 is 4.74 Å². The van der Waals surface area contributed by atoms with Gasteiger partial charge in [-0.2, -0.15) is 0 Å². The van der Waals surface area contributed by atoms with Crippen LogP contribution in [0.15, 0.2) is 18.2 Å². The lowest BCUT2D eigenvalue weighted by Crippen LogP contribution is -2.11. The zero-order valence-corrected chi connectivity index (χ0v) is 14.5. The second-order valence-electron chi connectivity index (χ2n) is 5.83. The largest absolute Gasteiger partial charge is 0.493 e. The highest BCUT2D eigenvalue weighted by molar-refractivity contribution is 7.20. The highest BCUT2D eigenvalue weighted by Gasteiger charge is 2.17. The lowest BCUT2D eigenvalue weighted by atomic mass is 10.00. The van der Waals surface area contributed by atoms with Crippen molar-refractivity contribution >= 4 is 33.0 Å². The average molecular weight is 334 g/mol. The Morgan fingerprint density at radius 2 is 2.04 bits per heavy atom. The Kier molecular flexibility index (Phi) is 5.91. The topological polar surface area (TPSA) is 63.6 Å². The Labute approximate surface area is 140 Å². The zero-order chi connectivity index (χ0) is 17.0. The molecule has 1 heterocycles. The fraction of sp³-hybridized carbons (Fsp3) is 0.444. The first-order chi connectivity index (χ1) is 10.9. The van der Waals surface area contributed by atoms with Gasteiger partial charge in [-0.15, -0.1) is 11.3 Å². The molecule has 1 N–H and O–H groups in total. The fourth-order valence-corrected chi connectivity index (χ4v) is 3.27. The number of benzene rings is 1. The molecule has 0 saturated heterocycles. The van der Waals surface area contributed by atoms with Crippen LogP contribution in [-0.4, -0.2) is 29.9 Å². The summed E-state index contributed by atoms with van der Waals surface area (Å²) in [6, 6.07) is 5.84. The monoisotopic (exact) mass is 334 g/mol. The van der Waals surface area contributed by atoms with E-state index < -0.39 is 0 Å². The maximum Gasteiger partial charge on any atom is 0.173 e. The molecular formula is C18H22O4S. The van der Waals surface area contributed by atoms with Crippen molar-refractivity contribution in [2.24, 2.45) is 5.92 Å². The van der Waals surface area contributed by atoms with Crippen LogP contribution in [0.1, 0.15) is 41.9 Å². The molecule has 0 amide bonds. The predicted molar refractivity (Wildman–Crippen MR) is 92.6 cm³/mol. The second kappa shape index (κ2) is 7.70. The van der Waals surface area contributed by atoms with Gasteiger partial charge in [0.15, 0.2) is 5.78 Å². The lowest BCUT2D eigenvalue weighted by molar-refractivity contribution is -0.120. The summed E-state index contributed by atoms with van der Waals surface area (Å²) in [4.78, 5) is 24.3. The van der Waals surface area contributed by atoms with Crippen molar-refractivity contribution in [1.82, 2.24) is 0 Å². The first-order valence-electron chi connectivity index (χ1n) is 7.74. The van der Waals surface area contributed by atoms with Gasteiger partial charge in [-0.25, -0.2) is 0 Å². The third-order valence-electron chi connectivity index (χ3n) is 3.83. The molecule has 0 bridgehead atoms. The molecule has 0 radical (unpaired) electrons. The number of fused-ring (bicyclic) bond motifs is 1. The standard InChI is InChI=1S/C18H22O4S/c1-11(13(3)20)8-15(21)18-9-14-7-12(2)16(10-17(14)23-18)22-6-4-5-19/h7,9-11,19H,4-6,8H2,1-3H3. The molecule has 0 fully saturated rings. The first-order valence-corrected chi connectivity index (χ1v) is 8.55. The zero-order valence-electron chi connectivity index (χ0n) is 13.7. The van der Waals surface area contributed by atoms with E-state index in [1.165, 1.54) is 18.3 Å². The van der Waals surface area contributed by atoms with Gasteiger partial charge in [-0.1, -0.05) is 6.92 Å². The number of Topliss-reactive ketones (excluding diaryl/α,β-unsaturated/α-hetero) is 2. The van der Waals surface area contributed by atoms with Gasteiger partial charge >= 0.3 is 0 Å². The first kappa shape index (κ1) is 17.6. The molecule has 0 spiro atoms. The summed E-state index contributed by atoms with van der Waals surface area (Å²) in [5, 5.41) is 9.84. The van der Waals surface area contributed by atoms with E-state index in [9.17, 15) is 9.59 Å². The fourth-order valence-electron chi connectivity index (χ4n) is 2.24. The summed E-state index contributed by atoms with van der Waals surface area (Å²) in [6.07, 6.45) is 0.843. The van der Waals surface area contributed by atoms with Crippen LogP contribution in [0.25, 0.3) is 10.1 Å². The summed E-state index contributed by atoms with van der Waals surface area (Å²) < 4.78 is 6.66. The highest BCUT2D eigenvalue weighted by Crippen LogP contribution is 2.33. The van der Waals surface area contributed by atoms with Crippen LogP contribution in [0.2, 0.25) is 0 Å².